The molecule has 1 atom stereocenters. The molecule has 210 valence electrons. The number of nitrogens with one attached hydrogen (secondary N) is 2. The second kappa shape index (κ2) is 13.3. The van der Waals surface area contributed by atoms with Crippen LogP contribution in [0.1, 0.15) is 34.1 Å². The van der Waals surface area contributed by atoms with Crippen LogP contribution in [0.15, 0.2) is 35.7 Å². The Morgan fingerprint density at radius 2 is 1.82 bits per heavy atom. The fraction of sp³-hybridized carbons (Fsp3) is 0.462. The monoisotopic (exact) mass is 559 g/mol. The van der Waals surface area contributed by atoms with Gasteiger partial charge in [-0.2, -0.15) is 0 Å². The standard InChI is InChI=1S/C26H33N5O7S/c1-37-25(35)28-19-16-18(24(34)27-20(17-23(32)33)22-4-2-15-39-22)5-6-21(19)29-7-3-8-30(10-9-29)26(36)31-11-13-38-14-12-31/h2,4-6,15-16,20H,3,7-14,17H2,1H3,(H,27,34)(H,28,35)(H,32,33). The van der Waals surface area contributed by atoms with E-state index in [2.05, 4.69) is 15.5 Å². The van der Waals surface area contributed by atoms with E-state index in [9.17, 15) is 24.3 Å². The van der Waals surface area contributed by atoms with E-state index in [4.69, 9.17) is 9.47 Å². The van der Waals surface area contributed by atoms with Crippen molar-refractivity contribution in [3.63, 3.8) is 0 Å². The molecular weight excluding hydrogens is 526 g/mol. The number of carbonyl (C=O) groups is 4. The van der Waals surface area contributed by atoms with Crippen LogP contribution in [0.2, 0.25) is 0 Å². The number of carboxylic acids is 1. The van der Waals surface area contributed by atoms with E-state index in [1.807, 2.05) is 15.2 Å². The van der Waals surface area contributed by atoms with Crippen molar-refractivity contribution in [1.29, 1.82) is 0 Å². The van der Waals surface area contributed by atoms with Crippen molar-refractivity contribution >= 4 is 46.7 Å². The molecule has 3 heterocycles. The topological polar surface area (TPSA) is 141 Å². The molecule has 1 aromatic heterocycles. The average Bonchev–Trinajstić information content (AvgIpc) is 3.37. The van der Waals surface area contributed by atoms with E-state index in [1.165, 1.54) is 18.4 Å². The maximum atomic E-state index is 13.1. The van der Waals surface area contributed by atoms with Gasteiger partial charge in [0.05, 0.1) is 44.2 Å². The molecule has 0 aliphatic carbocycles. The van der Waals surface area contributed by atoms with Crippen LogP contribution in [-0.4, -0.2) is 98.5 Å². The molecule has 12 nitrogen and oxygen atoms in total. The first-order chi connectivity index (χ1) is 18.9. The molecule has 13 heteroatoms. The number of amides is 4. The summed E-state index contributed by atoms with van der Waals surface area (Å²) in [6.45, 7) is 4.54. The number of aliphatic carboxylic acids is 1. The Morgan fingerprint density at radius 3 is 2.51 bits per heavy atom. The van der Waals surface area contributed by atoms with E-state index in [-0.39, 0.29) is 18.0 Å². The SMILES string of the molecule is COC(=O)Nc1cc(C(=O)NC(CC(=O)O)c2cccs2)ccc1N1CCCN(C(=O)N2CCOCC2)CC1. The minimum Gasteiger partial charge on any atom is -0.481 e. The zero-order chi connectivity index (χ0) is 27.8. The number of urea groups is 1. The molecule has 4 amide bonds. The van der Waals surface area contributed by atoms with Crippen LogP contribution >= 0.6 is 11.3 Å². The van der Waals surface area contributed by atoms with Gasteiger partial charge in [-0.25, -0.2) is 9.59 Å². The van der Waals surface area contributed by atoms with Crippen LogP contribution in [0.4, 0.5) is 21.0 Å². The molecule has 0 saturated carbocycles. The maximum Gasteiger partial charge on any atom is 0.411 e. The number of morpholine rings is 1. The molecule has 1 aromatic carbocycles. The highest BCUT2D eigenvalue weighted by Gasteiger charge is 2.27. The Labute approximate surface area is 230 Å². The zero-order valence-corrected chi connectivity index (χ0v) is 22.6. The summed E-state index contributed by atoms with van der Waals surface area (Å²) in [5, 5.41) is 16.6. The third kappa shape index (κ3) is 7.39. The number of ether oxygens (including phenoxy) is 2. The lowest BCUT2D eigenvalue weighted by molar-refractivity contribution is -0.137. The first-order valence-corrected chi connectivity index (χ1v) is 13.7. The number of rotatable bonds is 7. The van der Waals surface area contributed by atoms with Gasteiger partial charge in [0.2, 0.25) is 0 Å². The number of hydrogen-bond donors (Lipinski definition) is 3. The Hall–Kier alpha value is -3.84. The number of nitrogens with zero attached hydrogens (tertiary/aromatic N) is 3. The summed E-state index contributed by atoms with van der Waals surface area (Å²) in [5.74, 6) is -1.49. The summed E-state index contributed by atoms with van der Waals surface area (Å²) in [6.07, 6.45) is -0.214. The summed E-state index contributed by atoms with van der Waals surface area (Å²) in [5.41, 5.74) is 1.34. The van der Waals surface area contributed by atoms with Crippen LogP contribution in [0.5, 0.6) is 0 Å². The quantitative estimate of drug-likeness (QED) is 0.470. The average molecular weight is 560 g/mol. The van der Waals surface area contributed by atoms with Gasteiger partial charge in [0.15, 0.2) is 0 Å². The van der Waals surface area contributed by atoms with Gasteiger partial charge in [-0.3, -0.25) is 14.9 Å². The molecule has 2 fully saturated rings. The van der Waals surface area contributed by atoms with E-state index in [1.54, 1.807) is 30.3 Å². The Balaban J connectivity index is 1.51. The second-order valence-corrected chi connectivity index (χ2v) is 10.2. The number of benzene rings is 1. The van der Waals surface area contributed by atoms with Gasteiger partial charge < -0.3 is 34.6 Å². The molecule has 0 radical (unpaired) electrons. The van der Waals surface area contributed by atoms with Gasteiger partial charge in [-0.1, -0.05) is 6.07 Å². The molecule has 1 unspecified atom stereocenters. The van der Waals surface area contributed by atoms with Crippen molar-refractivity contribution in [1.82, 2.24) is 15.1 Å². The Kier molecular flexibility index (Phi) is 9.60. The minimum absolute atomic E-state index is 0.00161. The lowest BCUT2D eigenvalue weighted by atomic mass is 10.1. The normalized spacial score (nSPS) is 16.7. The fourth-order valence-electron chi connectivity index (χ4n) is 4.65. The molecule has 0 spiro atoms. The van der Waals surface area contributed by atoms with Crippen LogP contribution in [0.3, 0.4) is 0 Å². The van der Waals surface area contributed by atoms with Gasteiger partial charge >= 0.3 is 18.1 Å². The van der Waals surface area contributed by atoms with Crippen LogP contribution in [0.25, 0.3) is 0 Å². The van der Waals surface area contributed by atoms with Gasteiger partial charge in [0.1, 0.15) is 0 Å². The van der Waals surface area contributed by atoms with Crippen molar-refractivity contribution < 1.29 is 33.8 Å². The largest absolute Gasteiger partial charge is 0.481 e. The summed E-state index contributed by atoms with van der Waals surface area (Å²) in [6, 6.07) is 7.82. The van der Waals surface area contributed by atoms with Crippen molar-refractivity contribution in [3.8, 4) is 0 Å². The number of methoxy groups -OCH3 is 1. The molecule has 3 N–H and O–H groups in total. The molecule has 39 heavy (non-hydrogen) atoms. The lowest BCUT2D eigenvalue weighted by Gasteiger charge is -2.32. The van der Waals surface area contributed by atoms with Crippen molar-refractivity contribution in [2.24, 2.45) is 0 Å². The highest BCUT2D eigenvalue weighted by molar-refractivity contribution is 7.10. The number of carboxylic acid groups (broad SMARTS) is 1. The van der Waals surface area contributed by atoms with E-state index < -0.39 is 24.0 Å². The van der Waals surface area contributed by atoms with Crippen molar-refractivity contribution in [2.75, 3.05) is 69.8 Å². The predicted octanol–water partition coefficient (Wildman–Crippen LogP) is 2.84. The second-order valence-electron chi connectivity index (χ2n) is 9.20. The van der Waals surface area contributed by atoms with E-state index in [0.29, 0.717) is 63.9 Å². The van der Waals surface area contributed by atoms with Gasteiger partial charge in [-0.05, 0) is 36.1 Å². The molecule has 0 bridgehead atoms. The molecule has 2 aromatic rings. The van der Waals surface area contributed by atoms with E-state index in [0.717, 1.165) is 11.3 Å². The predicted molar refractivity (Wildman–Crippen MR) is 145 cm³/mol. The number of carbonyl (C=O) groups excluding carboxylic acids is 3. The minimum atomic E-state index is -1.03. The van der Waals surface area contributed by atoms with Crippen molar-refractivity contribution in [2.45, 2.75) is 18.9 Å². The first kappa shape index (κ1) is 28.2. The molecular formula is C26H33N5O7S. The first-order valence-electron chi connectivity index (χ1n) is 12.8. The molecule has 2 aliphatic heterocycles. The number of anilines is 2. The zero-order valence-electron chi connectivity index (χ0n) is 21.8. The molecule has 4 rings (SSSR count). The van der Waals surface area contributed by atoms with E-state index >= 15 is 0 Å². The fourth-order valence-corrected chi connectivity index (χ4v) is 5.42. The third-order valence-corrected chi connectivity index (χ3v) is 7.63. The highest BCUT2D eigenvalue weighted by atomic mass is 32.1. The molecule has 2 aliphatic rings. The molecule has 2 saturated heterocycles. The number of hydrogen-bond acceptors (Lipinski definition) is 8. The van der Waals surface area contributed by atoms with Crippen molar-refractivity contribution in [3.05, 3.63) is 46.2 Å². The summed E-state index contributed by atoms with van der Waals surface area (Å²) >= 11 is 1.36. The van der Waals surface area contributed by atoms with Crippen LogP contribution < -0.4 is 15.5 Å². The van der Waals surface area contributed by atoms with Gasteiger partial charge in [0, 0.05) is 49.7 Å². The lowest BCUT2D eigenvalue weighted by Crippen LogP contribution is -2.49. The Bertz CT molecular complexity index is 1170. The van der Waals surface area contributed by atoms with Gasteiger partial charge in [-0.15, -0.1) is 11.3 Å². The maximum absolute atomic E-state index is 13.1. The van der Waals surface area contributed by atoms with Gasteiger partial charge in [0.25, 0.3) is 5.91 Å². The number of thiophene rings is 1. The smallest absolute Gasteiger partial charge is 0.411 e. The summed E-state index contributed by atoms with van der Waals surface area (Å²) in [7, 11) is 1.25. The van der Waals surface area contributed by atoms with Crippen LogP contribution in [0, 0.1) is 0 Å². The summed E-state index contributed by atoms with van der Waals surface area (Å²) < 4.78 is 10.1. The highest BCUT2D eigenvalue weighted by Crippen LogP contribution is 2.30. The third-order valence-electron chi connectivity index (χ3n) is 6.64. The Morgan fingerprint density at radius 1 is 1.05 bits per heavy atom. The van der Waals surface area contributed by atoms with Crippen LogP contribution in [-0.2, 0) is 14.3 Å². The summed E-state index contributed by atoms with van der Waals surface area (Å²) in [4.78, 5) is 56.1.